The lowest BCUT2D eigenvalue weighted by molar-refractivity contribution is 0.119. The third kappa shape index (κ3) is 3.10. The molecule has 1 aliphatic rings. The zero-order valence-electron chi connectivity index (χ0n) is 12.7. The number of hydrogen-bond acceptors (Lipinski definition) is 3. The highest BCUT2D eigenvalue weighted by atomic mass is 15.3. The molecule has 19 heavy (non-hydrogen) atoms. The topological polar surface area (TPSA) is 32.5 Å². The van der Waals surface area contributed by atoms with E-state index in [1.54, 1.807) is 0 Å². The van der Waals surface area contributed by atoms with Crippen molar-refractivity contribution in [2.45, 2.75) is 33.2 Å². The van der Waals surface area contributed by atoms with Crippen LogP contribution in [0.5, 0.6) is 0 Å². The fourth-order valence-electron chi connectivity index (χ4n) is 2.74. The summed E-state index contributed by atoms with van der Waals surface area (Å²) in [6.07, 6.45) is 0. The van der Waals surface area contributed by atoms with Gasteiger partial charge in [0.2, 0.25) is 0 Å². The van der Waals surface area contributed by atoms with E-state index in [9.17, 15) is 0 Å². The summed E-state index contributed by atoms with van der Waals surface area (Å²) in [6, 6.07) is 6.71. The van der Waals surface area contributed by atoms with E-state index in [4.69, 9.17) is 5.73 Å². The first-order valence-electron chi connectivity index (χ1n) is 7.21. The summed E-state index contributed by atoms with van der Waals surface area (Å²) in [5.41, 5.74) is 10.1. The van der Waals surface area contributed by atoms with Crippen molar-refractivity contribution in [1.82, 2.24) is 4.90 Å². The number of hydrogen-bond donors (Lipinski definition) is 1. The average molecular weight is 261 g/mol. The molecular formula is C16H27N3. The van der Waals surface area contributed by atoms with Crippen molar-refractivity contribution in [2.24, 2.45) is 5.73 Å². The number of piperazine rings is 1. The largest absolute Gasteiger partial charge is 0.369 e. The van der Waals surface area contributed by atoms with Gasteiger partial charge in [0.25, 0.3) is 0 Å². The zero-order chi connectivity index (χ0) is 14.0. The highest BCUT2D eigenvalue weighted by Crippen LogP contribution is 2.24. The van der Waals surface area contributed by atoms with E-state index >= 15 is 0 Å². The van der Waals surface area contributed by atoms with Crippen LogP contribution in [-0.2, 0) is 0 Å². The minimum absolute atomic E-state index is 0.119. The van der Waals surface area contributed by atoms with Gasteiger partial charge in [-0.25, -0.2) is 0 Å². The number of nitrogens with zero attached hydrogens (tertiary/aromatic N) is 2. The van der Waals surface area contributed by atoms with Crippen LogP contribution in [0.1, 0.15) is 25.0 Å². The van der Waals surface area contributed by atoms with E-state index in [-0.39, 0.29) is 5.54 Å². The molecule has 0 amide bonds. The Balaban J connectivity index is 2.06. The summed E-state index contributed by atoms with van der Waals surface area (Å²) in [4.78, 5) is 5.01. The maximum Gasteiger partial charge on any atom is 0.0399 e. The molecule has 0 radical (unpaired) electrons. The number of nitrogens with two attached hydrogens (primary N) is 1. The second kappa shape index (κ2) is 5.51. The minimum Gasteiger partial charge on any atom is -0.369 e. The molecule has 0 bridgehead atoms. The Kier molecular flexibility index (Phi) is 4.16. The monoisotopic (exact) mass is 261 g/mol. The van der Waals surface area contributed by atoms with Crippen molar-refractivity contribution in [3.8, 4) is 0 Å². The second-order valence-corrected chi connectivity index (χ2v) is 6.28. The van der Waals surface area contributed by atoms with E-state index in [1.807, 2.05) is 0 Å². The van der Waals surface area contributed by atoms with Crippen LogP contribution >= 0.6 is 0 Å². The molecule has 1 aliphatic heterocycles. The van der Waals surface area contributed by atoms with Gasteiger partial charge >= 0.3 is 0 Å². The third-order valence-corrected chi connectivity index (χ3v) is 4.34. The van der Waals surface area contributed by atoms with Gasteiger partial charge in [-0.05, 0) is 44.9 Å². The summed E-state index contributed by atoms with van der Waals surface area (Å²) in [6.45, 7) is 13.9. The molecule has 3 nitrogen and oxygen atoms in total. The average Bonchev–Trinajstić information content (AvgIpc) is 2.42. The van der Waals surface area contributed by atoms with Crippen molar-refractivity contribution in [3.63, 3.8) is 0 Å². The van der Waals surface area contributed by atoms with Crippen molar-refractivity contribution in [2.75, 3.05) is 37.6 Å². The van der Waals surface area contributed by atoms with E-state index in [0.29, 0.717) is 0 Å². The molecule has 1 heterocycles. The van der Waals surface area contributed by atoms with Gasteiger partial charge in [0.05, 0.1) is 0 Å². The van der Waals surface area contributed by atoms with Gasteiger partial charge in [0, 0.05) is 44.0 Å². The third-order valence-electron chi connectivity index (χ3n) is 4.34. The first-order valence-corrected chi connectivity index (χ1v) is 7.21. The molecule has 0 aromatic heterocycles. The first kappa shape index (κ1) is 14.4. The summed E-state index contributed by atoms with van der Waals surface area (Å²) in [5.74, 6) is 0. The number of anilines is 1. The lowest BCUT2D eigenvalue weighted by Crippen LogP contribution is -2.57. The van der Waals surface area contributed by atoms with Gasteiger partial charge in [-0.3, -0.25) is 4.90 Å². The Morgan fingerprint density at radius 1 is 1.11 bits per heavy atom. The molecule has 0 aliphatic carbocycles. The molecule has 1 aromatic carbocycles. The normalized spacial score (nSPS) is 17.8. The Hall–Kier alpha value is -1.06. The Labute approximate surface area is 117 Å². The van der Waals surface area contributed by atoms with E-state index < -0.39 is 0 Å². The molecule has 0 spiro atoms. The molecule has 0 saturated carbocycles. The summed E-state index contributed by atoms with van der Waals surface area (Å²) in [5, 5.41) is 0. The van der Waals surface area contributed by atoms with Crippen LogP contribution in [0, 0.1) is 13.8 Å². The molecule has 0 unspecified atom stereocenters. The second-order valence-electron chi connectivity index (χ2n) is 6.28. The van der Waals surface area contributed by atoms with Crippen LogP contribution < -0.4 is 10.6 Å². The maximum atomic E-state index is 5.87. The quantitative estimate of drug-likeness (QED) is 0.905. The molecular weight excluding hydrogens is 234 g/mol. The maximum absolute atomic E-state index is 5.87. The van der Waals surface area contributed by atoms with Gasteiger partial charge < -0.3 is 10.6 Å². The van der Waals surface area contributed by atoms with Gasteiger partial charge in [0.1, 0.15) is 0 Å². The summed E-state index contributed by atoms with van der Waals surface area (Å²) < 4.78 is 0. The van der Waals surface area contributed by atoms with Gasteiger partial charge in [-0.15, -0.1) is 0 Å². The highest BCUT2D eigenvalue weighted by Gasteiger charge is 2.28. The predicted octanol–water partition coefficient (Wildman–Crippen LogP) is 2.16. The Morgan fingerprint density at radius 3 is 2.32 bits per heavy atom. The summed E-state index contributed by atoms with van der Waals surface area (Å²) in [7, 11) is 0. The molecule has 2 N–H and O–H groups in total. The number of rotatable bonds is 3. The lowest BCUT2D eigenvalue weighted by atomic mass is 10.0. The molecule has 3 heteroatoms. The minimum atomic E-state index is 0.119. The highest BCUT2D eigenvalue weighted by molar-refractivity contribution is 5.55. The SMILES string of the molecule is Cc1ccc(C)c(N2CCN(C(C)(C)CN)CC2)c1. The number of aryl methyl sites for hydroxylation is 2. The molecule has 106 valence electrons. The van der Waals surface area contributed by atoms with Crippen molar-refractivity contribution >= 4 is 5.69 Å². The van der Waals surface area contributed by atoms with Crippen LogP contribution in [0.4, 0.5) is 5.69 Å². The summed E-state index contributed by atoms with van der Waals surface area (Å²) >= 11 is 0. The Bertz CT molecular complexity index is 432. The molecule has 2 rings (SSSR count). The van der Waals surface area contributed by atoms with Crippen molar-refractivity contribution < 1.29 is 0 Å². The van der Waals surface area contributed by atoms with Crippen LogP contribution in [0.15, 0.2) is 18.2 Å². The number of benzene rings is 1. The fraction of sp³-hybridized carbons (Fsp3) is 0.625. The first-order chi connectivity index (χ1) is 8.94. The fourth-order valence-corrected chi connectivity index (χ4v) is 2.74. The lowest BCUT2D eigenvalue weighted by Gasteiger charge is -2.44. The van der Waals surface area contributed by atoms with Crippen LogP contribution in [0.25, 0.3) is 0 Å². The molecule has 0 atom stereocenters. The molecule has 1 fully saturated rings. The van der Waals surface area contributed by atoms with Crippen LogP contribution in [0.3, 0.4) is 0 Å². The van der Waals surface area contributed by atoms with Gasteiger partial charge in [-0.2, -0.15) is 0 Å². The van der Waals surface area contributed by atoms with E-state index in [1.165, 1.54) is 16.8 Å². The standard InChI is InChI=1S/C16H27N3/c1-13-5-6-14(2)15(11-13)18-7-9-19(10-8-18)16(3,4)12-17/h5-6,11H,7-10,12,17H2,1-4H3. The van der Waals surface area contributed by atoms with Crippen molar-refractivity contribution in [3.05, 3.63) is 29.3 Å². The zero-order valence-corrected chi connectivity index (χ0v) is 12.7. The smallest absolute Gasteiger partial charge is 0.0399 e. The van der Waals surface area contributed by atoms with Crippen LogP contribution in [-0.4, -0.2) is 43.2 Å². The van der Waals surface area contributed by atoms with E-state index in [0.717, 1.165) is 32.7 Å². The Morgan fingerprint density at radius 2 is 1.74 bits per heavy atom. The predicted molar refractivity (Wildman–Crippen MR) is 82.8 cm³/mol. The van der Waals surface area contributed by atoms with Crippen molar-refractivity contribution in [1.29, 1.82) is 0 Å². The van der Waals surface area contributed by atoms with E-state index in [2.05, 4.69) is 55.7 Å². The molecule has 1 aromatic rings. The van der Waals surface area contributed by atoms with Crippen LogP contribution in [0.2, 0.25) is 0 Å². The van der Waals surface area contributed by atoms with Gasteiger partial charge in [0.15, 0.2) is 0 Å². The molecule has 1 saturated heterocycles. The van der Waals surface area contributed by atoms with Gasteiger partial charge in [-0.1, -0.05) is 12.1 Å².